The second kappa shape index (κ2) is 16.7. The highest BCUT2D eigenvalue weighted by molar-refractivity contribution is 5.43. The molecular weight excluding hydrogens is 352 g/mol. The quantitative estimate of drug-likeness (QED) is 0.517. The van der Waals surface area contributed by atoms with Crippen LogP contribution in [0.15, 0.2) is 18.2 Å². The number of benzene rings is 1. The summed E-state index contributed by atoms with van der Waals surface area (Å²) in [7, 11) is 0. The summed E-state index contributed by atoms with van der Waals surface area (Å²) in [5.74, 6) is 2.08. The highest BCUT2D eigenvalue weighted by Gasteiger charge is 2.27. The number of anilines is 1. The predicted octanol–water partition coefficient (Wildman–Crippen LogP) is 8.02. The van der Waals surface area contributed by atoms with Crippen molar-refractivity contribution >= 4 is 5.69 Å². The van der Waals surface area contributed by atoms with Gasteiger partial charge in [0.2, 0.25) is 0 Å². The molecule has 0 bridgehead atoms. The standard InChI is InChI=1S/C15H29N.C8H11N.2C2H6/c1-3-13-5-7-15(8-6-13)16-11-9-14(4-2)10-12-16;1-6-3-4-8(9)5-7(6)2;2*1-2/h13-15H,3-12H2,1-2H3;3-5H,9H2,1-2H3;2*1-2H3. The minimum Gasteiger partial charge on any atom is -0.399 e. The van der Waals surface area contributed by atoms with E-state index in [-0.39, 0.29) is 0 Å². The predicted molar refractivity (Wildman–Crippen MR) is 134 cm³/mol. The molecule has 1 aliphatic carbocycles. The van der Waals surface area contributed by atoms with Crippen molar-refractivity contribution in [3.63, 3.8) is 0 Å². The van der Waals surface area contributed by atoms with Gasteiger partial charge < -0.3 is 10.6 Å². The van der Waals surface area contributed by atoms with Gasteiger partial charge in [0.1, 0.15) is 0 Å². The molecule has 29 heavy (non-hydrogen) atoms. The Labute approximate surface area is 183 Å². The Morgan fingerprint density at radius 1 is 0.759 bits per heavy atom. The van der Waals surface area contributed by atoms with Crippen LogP contribution < -0.4 is 5.73 Å². The highest BCUT2D eigenvalue weighted by atomic mass is 15.2. The second-order valence-electron chi connectivity index (χ2n) is 8.31. The lowest BCUT2D eigenvalue weighted by atomic mass is 9.82. The zero-order chi connectivity index (χ0) is 22.2. The number of nitrogens with two attached hydrogens (primary N) is 1. The minimum atomic E-state index is 0.845. The molecule has 1 aromatic carbocycles. The molecule has 2 N–H and O–H groups in total. The van der Waals surface area contributed by atoms with Crippen LogP contribution in [-0.4, -0.2) is 24.0 Å². The monoisotopic (exact) mass is 404 g/mol. The molecule has 0 spiro atoms. The van der Waals surface area contributed by atoms with Crippen molar-refractivity contribution in [3.8, 4) is 0 Å². The first kappa shape index (κ1) is 28.0. The minimum absolute atomic E-state index is 0.845. The van der Waals surface area contributed by atoms with Crippen LogP contribution in [0.3, 0.4) is 0 Å². The number of nitrogens with zero attached hydrogens (tertiary/aromatic N) is 1. The summed E-state index contributed by atoms with van der Waals surface area (Å²) in [6.07, 6.45) is 11.7. The van der Waals surface area contributed by atoms with E-state index in [9.17, 15) is 0 Å². The third-order valence-electron chi connectivity index (χ3n) is 6.67. The van der Waals surface area contributed by atoms with Crippen molar-refractivity contribution in [1.82, 2.24) is 4.90 Å². The van der Waals surface area contributed by atoms with Gasteiger partial charge in [0.15, 0.2) is 0 Å². The van der Waals surface area contributed by atoms with Crippen LogP contribution in [0.4, 0.5) is 5.69 Å². The number of piperidine rings is 1. The van der Waals surface area contributed by atoms with E-state index in [4.69, 9.17) is 5.73 Å². The van der Waals surface area contributed by atoms with Gasteiger partial charge in [-0.3, -0.25) is 0 Å². The Hall–Kier alpha value is -1.02. The Bertz CT molecular complexity index is 473. The summed E-state index contributed by atoms with van der Waals surface area (Å²) in [6.45, 7) is 19.6. The zero-order valence-corrected chi connectivity index (χ0v) is 21.1. The molecular formula is C27H52N2. The van der Waals surface area contributed by atoms with E-state index in [2.05, 4.69) is 32.6 Å². The third kappa shape index (κ3) is 10.5. The summed E-state index contributed by atoms with van der Waals surface area (Å²) in [6, 6.07) is 6.88. The number of hydrogen-bond acceptors (Lipinski definition) is 2. The molecule has 1 aliphatic heterocycles. The van der Waals surface area contributed by atoms with Gasteiger partial charge in [-0.2, -0.15) is 0 Å². The number of hydrogen-bond donors (Lipinski definition) is 1. The smallest absolute Gasteiger partial charge is 0.0316 e. The van der Waals surface area contributed by atoms with E-state index in [0.717, 1.165) is 23.6 Å². The van der Waals surface area contributed by atoms with Crippen LogP contribution in [0.1, 0.15) is 104 Å². The van der Waals surface area contributed by atoms with Crippen molar-refractivity contribution in [2.24, 2.45) is 11.8 Å². The van der Waals surface area contributed by atoms with Gasteiger partial charge in [-0.25, -0.2) is 0 Å². The van der Waals surface area contributed by atoms with Crippen molar-refractivity contribution in [2.45, 2.75) is 113 Å². The maximum Gasteiger partial charge on any atom is 0.0316 e. The van der Waals surface area contributed by atoms with Crippen LogP contribution in [-0.2, 0) is 0 Å². The van der Waals surface area contributed by atoms with Crippen LogP contribution in [0, 0.1) is 25.7 Å². The van der Waals surface area contributed by atoms with Crippen LogP contribution in [0.5, 0.6) is 0 Å². The fourth-order valence-electron chi connectivity index (χ4n) is 4.41. The van der Waals surface area contributed by atoms with Gasteiger partial charge >= 0.3 is 0 Å². The summed E-state index contributed by atoms with van der Waals surface area (Å²) in [4.78, 5) is 2.80. The van der Waals surface area contributed by atoms with Crippen molar-refractivity contribution in [2.75, 3.05) is 18.8 Å². The highest BCUT2D eigenvalue weighted by Crippen LogP contribution is 2.32. The van der Waals surface area contributed by atoms with Crippen LogP contribution >= 0.6 is 0 Å². The normalized spacial score (nSPS) is 22.2. The lowest BCUT2D eigenvalue weighted by molar-refractivity contribution is 0.0929. The Morgan fingerprint density at radius 2 is 1.24 bits per heavy atom. The Balaban J connectivity index is 0.000000513. The maximum absolute atomic E-state index is 5.53. The first-order valence-electron chi connectivity index (χ1n) is 12.6. The van der Waals surface area contributed by atoms with E-state index in [1.165, 1.54) is 75.6 Å². The average Bonchev–Trinajstić information content (AvgIpc) is 2.80. The number of likely N-dealkylation sites (tertiary alicyclic amines) is 1. The lowest BCUT2D eigenvalue weighted by Crippen LogP contribution is -2.43. The number of nitrogen functional groups attached to an aromatic ring is 1. The molecule has 1 heterocycles. The Morgan fingerprint density at radius 3 is 1.66 bits per heavy atom. The average molecular weight is 405 g/mol. The van der Waals surface area contributed by atoms with Gasteiger partial charge in [-0.15, -0.1) is 0 Å². The van der Waals surface area contributed by atoms with Crippen molar-refractivity contribution < 1.29 is 0 Å². The van der Waals surface area contributed by atoms with Gasteiger partial charge in [0, 0.05) is 11.7 Å². The summed E-state index contributed by atoms with van der Waals surface area (Å²) < 4.78 is 0. The topological polar surface area (TPSA) is 29.3 Å². The molecule has 170 valence electrons. The molecule has 0 amide bonds. The van der Waals surface area contributed by atoms with Gasteiger partial charge in [-0.1, -0.05) is 60.5 Å². The van der Waals surface area contributed by atoms with E-state index < -0.39 is 0 Å². The Kier molecular flexibility index (Phi) is 16.2. The largest absolute Gasteiger partial charge is 0.399 e. The zero-order valence-electron chi connectivity index (χ0n) is 21.1. The fraction of sp³-hybridized carbons (Fsp3) is 0.778. The van der Waals surface area contributed by atoms with Crippen LogP contribution in [0.25, 0.3) is 0 Å². The molecule has 0 aromatic heterocycles. The van der Waals surface area contributed by atoms with Gasteiger partial charge in [0.25, 0.3) is 0 Å². The number of rotatable bonds is 3. The molecule has 2 fully saturated rings. The summed E-state index contributed by atoms with van der Waals surface area (Å²) in [5, 5.41) is 0. The maximum atomic E-state index is 5.53. The van der Waals surface area contributed by atoms with E-state index >= 15 is 0 Å². The van der Waals surface area contributed by atoms with E-state index in [0.29, 0.717) is 0 Å². The summed E-state index contributed by atoms with van der Waals surface area (Å²) in [5.41, 5.74) is 8.93. The second-order valence-corrected chi connectivity index (χ2v) is 8.31. The number of aryl methyl sites for hydroxylation is 2. The fourth-order valence-corrected chi connectivity index (χ4v) is 4.41. The molecule has 1 saturated carbocycles. The van der Waals surface area contributed by atoms with Crippen LogP contribution in [0.2, 0.25) is 0 Å². The molecule has 0 atom stereocenters. The van der Waals surface area contributed by atoms with Gasteiger partial charge in [-0.05, 0) is 101 Å². The van der Waals surface area contributed by atoms with E-state index in [1.54, 1.807) is 0 Å². The molecule has 0 unspecified atom stereocenters. The lowest BCUT2D eigenvalue weighted by Gasteiger charge is -2.40. The van der Waals surface area contributed by atoms with Crippen molar-refractivity contribution in [3.05, 3.63) is 29.3 Å². The SMILES string of the molecule is CC.CC.CCC1CCC(N2CCC(CC)CC2)CC1.Cc1ccc(N)cc1C. The molecule has 3 rings (SSSR count). The molecule has 2 aliphatic rings. The van der Waals surface area contributed by atoms with E-state index in [1.807, 2.05) is 45.9 Å². The molecule has 1 aromatic rings. The van der Waals surface area contributed by atoms with Crippen molar-refractivity contribution in [1.29, 1.82) is 0 Å². The molecule has 1 saturated heterocycles. The molecule has 2 heteroatoms. The molecule has 0 radical (unpaired) electrons. The first-order chi connectivity index (χ1) is 14.0. The third-order valence-corrected chi connectivity index (χ3v) is 6.67. The summed E-state index contributed by atoms with van der Waals surface area (Å²) >= 11 is 0. The van der Waals surface area contributed by atoms with Gasteiger partial charge in [0.05, 0.1) is 0 Å². The first-order valence-corrected chi connectivity index (χ1v) is 12.6. The molecule has 2 nitrogen and oxygen atoms in total.